The van der Waals surface area contributed by atoms with Crippen molar-refractivity contribution in [3.8, 4) is 0 Å². The van der Waals surface area contributed by atoms with Crippen molar-refractivity contribution in [2.75, 3.05) is 6.54 Å². The number of fused-ring (bicyclic) bond motifs is 1. The quantitative estimate of drug-likeness (QED) is 0.794. The Kier molecular flexibility index (Phi) is 2.19. The number of rotatable bonds is 1. The van der Waals surface area contributed by atoms with Crippen molar-refractivity contribution in [1.29, 1.82) is 0 Å². The van der Waals surface area contributed by atoms with Gasteiger partial charge in [0.05, 0.1) is 12.0 Å². The molecule has 1 aliphatic rings. The van der Waals surface area contributed by atoms with Crippen LogP contribution in [0.4, 0.5) is 0 Å². The second-order valence-electron chi connectivity index (χ2n) is 3.17. The van der Waals surface area contributed by atoms with Crippen LogP contribution in [0, 0.1) is 0 Å². The van der Waals surface area contributed by atoms with Crippen LogP contribution in [-0.4, -0.2) is 16.1 Å². The third kappa shape index (κ3) is 1.19. The van der Waals surface area contributed by atoms with E-state index in [1.807, 2.05) is 6.33 Å². The summed E-state index contributed by atoms with van der Waals surface area (Å²) in [5, 5.41) is 0. The van der Waals surface area contributed by atoms with Gasteiger partial charge in [0.15, 0.2) is 0 Å². The molecule has 1 unspecified atom stereocenters. The van der Waals surface area contributed by atoms with Gasteiger partial charge in [0.1, 0.15) is 4.60 Å². The first-order valence-electron chi connectivity index (χ1n) is 4.24. The summed E-state index contributed by atoms with van der Waals surface area (Å²) in [7, 11) is 0. The molecule has 3 nitrogen and oxygen atoms in total. The van der Waals surface area contributed by atoms with E-state index in [0.717, 1.165) is 17.6 Å². The van der Waals surface area contributed by atoms with Crippen LogP contribution < -0.4 is 5.73 Å². The van der Waals surface area contributed by atoms with Gasteiger partial charge in [-0.25, -0.2) is 4.98 Å². The van der Waals surface area contributed by atoms with Crippen LogP contribution in [0.2, 0.25) is 0 Å². The minimum absolute atomic E-state index is 0.465. The van der Waals surface area contributed by atoms with Crippen molar-refractivity contribution < 1.29 is 0 Å². The maximum Gasteiger partial charge on any atom is 0.127 e. The highest BCUT2D eigenvalue weighted by Crippen LogP contribution is 2.28. The highest BCUT2D eigenvalue weighted by Gasteiger charge is 2.20. The molecule has 0 spiro atoms. The number of nitrogens with two attached hydrogens (primary N) is 1. The first kappa shape index (κ1) is 8.26. The van der Waals surface area contributed by atoms with Gasteiger partial charge in [-0.2, -0.15) is 0 Å². The number of aromatic nitrogens is 2. The fraction of sp³-hybridized carbons (Fsp3) is 0.625. The van der Waals surface area contributed by atoms with Crippen molar-refractivity contribution in [2.45, 2.75) is 25.3 Å². The maximum absolute atomic E-state index is 5.66. The molecular weight excluding hydrogens is 218 g/mol. The molecule has 66 valence electrons. The summed E-state index contributed by atoms with van der Waals surface area (Å²) in [5.74, 6) is 0. The van der Waals surface area contributed by atoms with Gasteiger partial charge in [-0.3, -0.25) is 0 Å². The highest BCUT2D eigenvalue weighted by molar-refractivity contribution is 9.10. The van der Waals surface area contributed by atoms with E-state index in [9.17, 15) is 0 Å². The van der Waals surface area contributed by atoms with E-state index in [4.69, 9.17) is 5.73 Å². The monoisotopic (exact) mass is 229 g/mol. The minimum Gasteiger partial charge on any atom is -0.329 e. The van der Waals surface area contributed by atoms with Crippen molar-refractivity contribution in [3.05, 3.63) is 16.6 Å². The molecule has 1 aromatic rings. The van der Waals surface area contributed by atoms with E-state index in [2.05, 4.69) is 25.5 Å². The summed E-state index contributed by atoms with van der Waals surface area (Å²) in [6.45, 7) is 0.718. The summed E-state index contributed by atoms with van der Waals surface area (Å²) in [6.07, 6.45) is 5.42. The molecule has 12 heavy (non-hydrogen) atoms. The average Bonchev–Trinajstić information content (AvgIpc) is 2.48. The predicted octanol–water partition coefficient (Wildman–Crippen LogP) is 1.48. The summed E-state index contributed by atoms with van der Waals surface area (Å²) >= 11 is 3.44. The molecule has 0 radical (unpaired) electrons. The summed E-state index contributed by atoms with van der Waals surface area (Å²) in [4.78, 5) is 4.22. The standard InChI is InChI=1S/C8H12BrN3/c9-8-7-3-1-2-6(4-10)12(7)5-11-8/h5-6H,1-4,10H2. The third-order valence-corrected chi connectivity index (χ3v) is 3.12. The summed E-state index contributed by atoms with van der Waals surface area (Å²) in [6, 6.07) is 0.465. The highest BCUT2D eigenvalue weighted by atomic mass is 79.9. The Morgan fingerprint density at radius 2 is 2.58 bits per heavy atom. The molecule has 0 saturated carbocycles. The van der Waals surface area contributed by atoms with E-state index in [1.54, 1.807) is 0 Å². The second-order valence-corrected chi connectivity index (χ2v) is 3.92. The van der Waals surface area contributed by atoms with Crippen LogP contribution in [0.15, 0.2) is 10.9 Å². The lowest BCUT2D eigenvalue weighted by molar-refractivity contribution is 0.409. The van der Waals surface area contributed by atoms with Crippen molar-refractivity contribution in [2.24, 2.45) is 5.73 Å². The Bertz CT molecular complexity index is 282. The fourth-order valence-corrected chi connectivity index (χ4v) is 2.28. The van der Waals surface area contributed by atoms with E-state index in [-0.39, 0.29) is 0 Å². The van der Waals surface area contributed by atoms with E-state index >= 15 is 0 Å². The van der Waals surface area contributed by atoms with Crippen LogP contribution in [0.5, 0.6) is 0 Å². The van der Waals surface area contributed by atoms with E-state index in [0.29, 0.717) is 6.04 Å². The minimum atomic E-state index is 0.465. The Hall–Kier alpha value is -0.350. The van der Waals surface area contributed by atoms with Gasteiger partial charge in [-0.1, -0.05) is 0 Å². The SMILES string of the molecule is NCC1CCCc2c(Br)ncn21. The molecule has 0 bridgehead atoms. The number of halogens is 1. The van der Waals surface area contributed by atoms with Crippen molar-refractivity contribution in [1.82, 2.24) is 9.55 Å². The normalized spacial score (nSPS) is 22.3. The summed E-state index contributed by atoms with van der Waals surface area (Å²) in [5.41, 5.74) is 6.97. The Morgan fingerprint density at radius 3 is 3.33 bits per heavy atom. The van der Waals surface area contributed by atoms with Gasteiger partial charge < -0.3 is 10.3 Å². The molecule has 1 aromatic heterocycles. The zero-order valence-electron chi connectivity index (χ0n) is 6.83. The zero-order valence-corrected chi connectivity index (χ0v) is 8.42. The lowest BCUT2D eigenvalue weighted by Gasteiger charge is -2.24. The molecule has 1 atom stereocenters. The van der Waals surface area contributed by atoms with Crippen LogP contribution in [0.1, 0.15) is 24.6 Å². The number of hydrogen-bond donors (Lipinski definition) is 1. The third-order valence-electron chi connectivity index (χ3n) is 2.46. The van der Waals surface area contributed by atoms with Gasteiger partial charge >= 0.3 is 0 Å². The van der Waals surface area contributed by atoms with Gasteiger partial charge in [0.2, 0.25) is 0 Å². The predicted molar refractivity (Wildman–Crippen MR) is 51.0 cm³/mol. The average molecular weight is 230 g/mol. The first-order chi connectivity index (χ1) is 5.83. The molecule has 0 aliphatic carbocycles. The van der Waals surface area contributed by atoms with Crippen LogP contribution >= 0.6 is 15.9 Å². The molecule has 2 rings (SSSR count). The smallest absolute Gasteiger partial charge is 0.127 e. The molecule has 4 heteroatoms. The molecule has 0 saturated heterocycles. The van der Waals surface area contributed by atoms with Crippen molar-refractivity contribution in [3.63, 3.8) is 0 Å². The first-order valence-corrected chi connectivity index (χ1v) is 5.03. The van der Waals surface area contributed by atoms with Crippen LogP contribution in [0.25, 0.3) is 0 Å². The molecule has 0 aromatic carbocycles. The van der Waals surface area contributed by atoms with Gasteiger partial charge in [0, 0.05) is 12.6 Å². The number of hydrogen-bond acceptors (Lipinski definition) is 2. The fourth-order valence-electron chi connectivity index (χ4n) is 1.79. The van der Waals surface area contributed by atoms with Gasteiger partial charge in [-0.15, -0.1) is 0 Å². The maximum atomic E-state index is 5.66. The van der Waals surface area contributed by atoms with Gasteiger partial charge in [0.25, 0.3) is 0 Å². The molecule has 0 amide bonds. The topological polar surface area (TPSA) is 43.8 Å². The molecule has 2 heterocycles. The largest absolute Gasteiger partial charge is 0.329 e. The number of nitrogens with zero attached hydrogens (tertiary/aromatic N) is 2. The number of imidazole rings is 1. The van der Waals surface area contributed by atoms with E-state index < -0.39 is 0 Å². The van der Waals surface area contributed by atoms with E-state index in [1.165, 1.54) is 18.5 Å². The Morgan fingerprint density at radius 1 is 1.75 bits per heavy atom. The Balaban J connectivity index is 2.38. The lowest BCUT2D eigenvalue weighted by atomic mass is 10.0. The second kappa shape index (κ2) is 3.18. The van der Waals surface area contributed by atoms with Gasteiger partial charge in [-0.05, 0) is 35.2 Å². The molecule has 0 fully saturated rings. The van der Waals surface area contributed by atoms with Crippen molar-refractivity contribution >= 4 is 15.9 Å². The molecule has 1 aliphatic heterocycles. The van der Waals surface area contributed by atoms with Crippen LogP contribution in [-0.2, 0) is 6.42 Å². The molecular formula is C8H12BrN3. The Labute approximate surface area is 80.1 Å². The summed E-state index contributed by atoms with van der Waals surface area (Å²) < 4.78 is 3.19. The lowest BCUT2D eigenvalue weighted by Crippen LogP contribution is -2.23. The zero-order chi connectivity index (χ0) is 8.55. The van der Waals surface area contributed by atoms with Crippen LogP contribution in [0.3, 0.4) is 0 Å². The molecule has 2 N–H and O–H groups in total.